The minimum Gasteiger partial charge on any atom is -0.480 e. The second kappa shape index (κ2) is 14.2. The standard InChI is InChI=1S/C18H35N7O7/c1-8(2)12(15(29)23-11(7-26)17(31)32)24-16(30)13(9(3)27)25-14(28)10(19)5-4-6-22-18(20)21/h8-13,26-27H,4-7,19H2,1-3H3,(H,23,29)(H,24,30)(H,25,28)(H,31,32)(H4,20,21,22). The molecule has 3 amide bonds. The van der Waals surface area contributed by atoms with E-state index in [4.69, 9.17) is 27.4 Å². The molecule has 14 heteroatoms. The third-order valence-corrected chi connectivity index (χ3v) is 4.41. The molecule has 0 saturated heterocycles. The van der Waals surface area contributed by atoms with E-state index >= 15 is 0 Å². The molecule has 0 aliphatic carbocycles. The van der Waals surface area contributed by atoms with Gasteiger partial charge in [0, 0.05) is 6.54 Å². The fraction of sp³-hybridized carbons (Fsp3) is 0.722. The van der Waals surface area contributed by atoms with Gasteiger partial charge in [-0.25, -0.2) is 4.79 Å². The second-order valence-electron chi connectivity index (χ2n) is 7.59. The number of aliphatic imine (C=N–C) groups is 1. The third-order valence-electron chi connectivity index (χ3n) is 4.41. The number of carbonyl (C=O) groups excluding carboxylic acids is 3. The molecule has 0 aromatic carbocycles. The van der Waals surface area contributed by atoms with Gasteiger partial charge in [-0.05, 0) is 25.7 Å². The zero-order valence-electron chi connectivity index (χ0n) is 18.4. The van der Waals surface area contributed by atoms with E-state index in [1.54, 1.807) is 13.8 Å². The molecule has 0 spiro atoms. The number of aliphatic hydroxyl groups excluding tert-OH is 2. The average molecular weight is 462 g/mol. The summed E-state index contributed by atoms with van der Waals surface area (Å²) in [6.45, 7) is 3.89. The Balaban J connectivity index is 5.14. The smallest absolute Gasteiger partial charge is 0.328 e. The van der Waals surface area contributed by atoms with Gasteiger partial charge in [0.2, 0.25) is 17.7 Å². The highest BCUT2D eigenvalue weighted by Crippen LogP contribution is 2.05. The largest absolute Gasteiger partial charge is 0.480 e. The molecule has 0 aliphatic heterocycles. The lowest BCUT2D eigenvalue weighted by atomic mass is 10.0. The number of guanidine groups is 1. The average Bonchev–Trinajstić information content (AvgIpc) is 2.69. The Labute approximate surface area is 186 Å². The van der Waals surface area contributed by atoms with Crippen LogP contribution in [0.25, 0.3) is 0 Å². The Morgan fingerprint density at radius 3 is 1.91 bits per heavy atom. The molecule has 5 atom stereocenters. The molecule has 184 valence electrons. The van der Waals surface area contributed by atoms with Crippen LogP contribution in [0.4, 0.5) is 0 Å². The van der Waals surface area contributed by atoms with Gasteiger partial charge in [0.25, 0.3) is 0 Å². The summed E-state index contributed by atoms with van der Waals surface area (Å²) in [5.41, 5.74) is 16.2. The third kappa shape index (κ3) is 10.4. The van der Waals surface area contributed by atoms with Gasteiger partial charge in [-0.15, -0.1) is 0 Å². The summed E-state index contributed by atoms with van der Waals surface area (Å²) in [6, 6.07) is -5.16. The number of carboxylic acid groups (broad SMARTS) is 1. The van der Waals surface area contributed by atoms with Gasteiger partial charge >= 0.3 is 5.97 Å². The fourth-order valence-electron chi connectivity index (χ4n) is 2.54. The quantitative estimate of drug-likeness (QED) is 0.0686. The van der Waals surface area contributed by atoms with E-state index in [-0.39, 0.29) is 18.9 Å². The minimum atomic E-state index is -1.55. The summed E-state index contributed by atoms with van der Waals surface area (Å²) in [5.74, 6) is -4.43. The summed E-state index contributed by atoms with van der Waals surface area (Å²) in [4.78, 5) is 52.2. The molecule has 0 aromatic heterocycles. The van der Waals surface area contributed by atoms with Crippen molar-refractivity contribution >= 4 is 29.7 Å². The van der Waals surface area contributed by atoms with E-state index in [9.17, 15) is 24.3 Å². The lowest BCUT2D eigenvalue weighted by Crippen LogP contribution is -2.61. The number of nitrogens with zero attached hydrogens (tertiary/aromatic N) is 1. The first-order valence-electron chi connectivity index (χ1n) is 10.1. The van der Waals surface area contributed by atoms with Crippen LogP contribution in [0.5, 0.6) is 0 Å². The Morgan fingerprint density at radius 2 is 1.47 bits per heavy atom. The van der Waals surface area contributed by atoms with Crippen LogP contribution >= 0.6 is 0 Å². The van der Waals surface area contributed by atoms with Crippen LogP contribution < -0.4 is 33.2 Å². The molecule has 32 heavy (non-hydrogen) atoms. The molecular formula is C18H35N7O7. The minimum absolute atomic E-state index is 0.0914. The lowest BCUT2D eigenvalue weighted by molar-refractivity contribution is -0.143. The number of aliphatic carboxylic acids is 1. The number of amides is 3. The highest BCUT2D eigenvalue weighted by Gasteiger charge is 2.33. The van der Waals surface area contributed by atoms with Crippen LogP contribution in [0.3, 0.4) is 0 Å². The highest BCUT2D eigenvalue weighted by molar-refractivity contribution is 5.94. The molecule has 14 nitrogen and oxygen atoms in total. The second-order valence-corrected chi connectivity index (χ2v) is 7.59. The summed E-state index contributed by atoms with van der Waals surface area (Å²) in [5, 5.41) is 34.8. The molecule has 0 fully saturated rings. The van der Waals surface area contributed by atoms with Crippen molar-refractivity contribution in [1.82, 2.24) is 16.0 Å². The first-order valence-corrected chi connectivity index (χ1v) is 10.1. The zero-order valence-corrected chi connectivity index (χ0v) is 18.4. The maximum absolute atomic E-state index is 12.7. The number of aliphatic hydroxyl groups is 2. The van der Waals surface area contributed by atoms with Crippen LogP contribution in [0.2, 0.25) is 0 Å². The zero-order chi connectivity index (χ0) is 25.0. The molecule has 0 aromatic rings. The SMILES string of the molecule is CC(C)C(NC(=O)C(NC(=O)C(N)CCCN=C(N)N)C(C)O)C(=O)NC(CO)C(=O)O. The van der Waals surface area contributed by atoms with Crippen LogP contribution in [0.15, 0.2) is 4.99 Å². The van der Waals surface area contributed by atoms with E-state index in [1.807, 2.05) is 0 Å². The number of carbonyl (C=O) groups is 4. The van der Waals surface area contributed by atoms with Crippen LogP contribution in [-0.2, 0) is 19.2 Å². The van der Waals surface area contributed by atoms with E-state index in [0.717, 1.165) is 0 Å². The predicted molar refractivity (Wildman–Crippen MR) is 115 cm³/mol. The Kier molecular flexibility index (Phi) is 12.8. The van der Waals surface area contributed by atoms with Crippen molar-refractivity contribution in [2.45, 2.75) is 63.9 Å². The van der Waals surface area contributed by atoms with E-state index in [1.165, 1.54) is 6.92 Å². The Bertz CT molecular complexity index is 681. The van der Waals surface area contributed by atoms with Crippen LogP contribution in [0, 0.1) is 5.92 Å². The lowest BCUT2D eigenvalue weighted by Gasteiger charge is -2.27. The molecule has 12 N–H and O–H groups in total. The number of hydrogen-bond donors (Lipinski definition) is 9. The van der Waals surface area contributed by atoms with Crippen LogP contribution in [-0.4, -0.2) is 88.4 Å². The Morgan fingerprint density at radius 1 is 0.938 bits per heavy atom. The molecule has 0 saturated carbocycles. The van der Waals surface area contributed by atoms with Crippen LogP contribution in [0.1, 0.15) is 33.6 Å². The van der Waals surface area contributed by atoms with Gasteiger partial charge in [-0.2, -0.15) is 0 Å². The number of rotatable bonds is 14. The molecule has 0 rings (SSSR count). The molecular weight excluding hydrogens is 426 g/mol. The fourth-order valence-corrected chi connectivity index (χ4v) is 2.54. The van der Waals surface area contributed by atoms with E-state index in [2.05, 4.69) is 20.9 Å². The number of nitrogens with one attached hydrogen (secondary N) is 3. The van der Waals surface area contributed by atoms with Crippen molar-refractivity contribution in [3.05, 3.63) is 0 Å². The van der Waals surface area contributed by atoms with Gasteiger partial charge in [-0.1, -0.05) is 13.8 Å². The Hall–Kier alpha value is -2.97. The first kappa shape index (κ1) is 29.0. The number of carboxylic acids is 1. The molecule has 0 bridgehead atoms. The number of nitrogens with two attached hydrogens (primary N) is 3. The summed E-state index contributed by atoms with van der Waals surface area (Å²) >= 11 is 0. The first-order chi connectivity index (χ1) is 14.8. The molecule has 0 heterocycles. The van der Waals surface area contributed by atoms with Gasteiger partial charge in [0.1, 0.15) is 18.1 Å². The summed E-state index contributed by atoms with van der Waals surface area (Å²) in [7, 11) is 0. The van der Waals surface area contributed by atoms with Crippen molar-refractivity contribution in [2.75, 3.05) is 13.2 Å². The molecule has 0 radical (unpaired) electrons. The van der Waals surface area contributed by atoms with Gasteiger partial charge < -0.3 is 48.5 Å². The monoisotopic (exact) mass is 461 g/mol. The van der Waals surface area contributed by atoms with Crippen molar-refractivity contribution in [3.8, 4) is 0 Å². The van der Waals surface area contributed by atoms with Gasteiger partial charge in [0.05, 0.1) is 18.8 Å². The van der Waals surface area contributed by atoms with E-state index in [0.29, 0.717) is 6.42 Å². The van der Waals surface area contributed by atoms with Crippen molar-refractivity contribution < 1.29 is 34.5 Å². The summed E-state index contributed by atoms with van der Waals surface area (Å²) < 4.78 is 0. The maximum Gasteiger partial charge on any atom is 0.328 e. The van der Waals surface area contributed by atoms with Gasteiger partial charge in [0.15, 0.2) is 5.96 Å². The summed E-state index contributed by atoms with van der Waals surface area (Å²) in [6.07, 6.45) is -0.706. The van der Waals surface area contributed by atoms with Crippen molar-refractivity contribution in [1.29, 1.82) is 0 Å². The van der Waals surface area contributed by atoms with Crippen molar-refractivity contribution in [3.63, 3.8) is 0 Å². The number of hydrogen-bond acceptors (Lipinski definition) is 8. The topological polar surface area (TPSA) is 255 Å². The predicted octanol–water partition coefficient (Wildman–Crippen LogP) is -4.06. The highest BCUT2D eigenvalue weighted by atomic mass is 16.4. The van der Waals surface area contributed by atoms with Crippen molar-refractivity contribution in [2.24, 2.45) is 28.1 Å². The normalized spacial score (nSPS) is 15.6. The van der Waals surface area contributed by atoms with E-state index < -0.39 is 66.5 Å². The maximum atomic E-state index is 12.7. The molecule has 0 aliphatic rings. The van der Waals surface area contributed by atoms with Gasteiger partial charge in [-0.3, -0.25) is 19.4 Å². The molecule has 5 unspecified atom stereocenters.